The Hall–Kier alpha value is -4.32. The minimum Gasteiger partial charge on any atom is -0.504 e. The monoisotopic (exact) mass is 500 g/mol. The maximum atomic E-state index is 9.90. The van der Waals surface area contributed by atoms with E-state index in [2.05, 4.69) is 23.6 Å². The van der Waals surface area contributed by atoms with Crippen LogP contribution in [0.3, 0.4) is 0 Å². The molecular weight excluding hydrogens is 464 g/mol. The second kappa shape index (κ2) is 13.7. The highest BCUT2D eigenvalue weighted by Gasteiger charge is 2.09. The molecule has 0 amide bonds. The molecule has 194 valence electrons. The fraction of sp³-hybridized carbons (Fsp3) is 0.226. The Balaban J connectivity index is 0.000000206. The van der Waals surface area contributed by atoms with Gasteiger partial charge in [-0.25, -0.2) is 0 Å². The third-order valence-electron chi connectivity index (χ3n) is 5.82. The summed E-state index contributed by atoms with van der Waals surface area (Å²) in [6.45, 7) is 4.16. The number of phenols is 1. The average Bonchev–Trinajstić information content (AvgIpc) is 2.95. The van der Waals surface area contributed by atoms with Crippen LogP contribution in [0.1, 0.15) is 25.0 Å². The molecule has 0 saturated carbocycles. The van der Waals surface area contributed by atoms with Gasteiger partial charge in [0.15, 0.2) is 34.5 Å². The van der Waals surface area contributed by atoms with Crippen LogP contribution in [0.4, 0.5) is 11.4 Å². The largest absolute Gasteiger partial charge is 0.504 e. The van der Waals surface area contributed by atoms with Crippen LogP contribution in [0.15, 0.2) is 84.9 Å². The summed E-state index contributed by atoms with van der Waals surface area (Å²) in [7, 11) is 5.37. The molecule has 6 nitrogen and oxygen atoms in total. The number of para-hydroxylation sites is 4. The van der Waals surface area contributed by atoms with Gasteiger partial charge in [0.25, 0.3) is 0 Å². The van der Waals surface area contributed by atoms with E-state index in [9.17, 15) is 5.11 Å². The highest BCUT2D eigenvalue weighted by atomic mass is 16.5. The highest BCUT2D eigenvalue weighted by Crippen LogP contribution is 2.36. The van der Waals surface area contributed by atoms with Gasteiger partial charge in [0, 0.05) is 14.1 Å². The molecule has 0 unspecified atom stereocenters. The van der Waals surface area contributed by atoms with Crippen LogP contribution in [-0.2, 0) is 12.8 Å². The van der Waals surface area contributed by atoms with E-state index in [-0.39, 0.29) is 5.75 Å². The van der Waals surface area contributed by atoms with Crippen molar-refractivity contribution in [2.75, 3.05) is 31.8 Å². The number of nitrogens with one attached hydrogen (secondary N) is 2. The highest BCUT2D eigenvalue weighted by molar-refractivity contribution is 5.59. The van der Waals surface area contributed by atoms with E-state index >= 15 is 0 Å². The quantitative estimate of drug-likeness (QED) is 0.217. The first-order valence-corrected chi connectivity index (χ1v) is 12.4. The van der Waals surface area contributed by atoms with Crippen molar-refractivity contribution < 1.29 is 19.3 Å². The lowest BCUT2D eigenvalue weighted by Crippen LogP contribution is -1.95. The van der Waals surface area contributed by atoms with E-state index in [0.717, 1.165) is 47.0 Å². The molecule has 6 heteroatoms. The molecule has 0 radical (unpaired) electrons. The van der Waals surface area contributed by atoms with E-state index in [1.807, 2.05) is 87.7 Å². The first-order valence-electron chi connectivity index (χ1n) is 12.4. The predicted octanol–water partition coefficient (Wildman–Crippen LogP) is 7.88. The van der Waals surface area contributed by atoms with Gasteiger partial charge in [0.2, 0.25) is 0 Å². The summed E-state index contributed by atoms with van der Waals surface area (Å²) < 4.78 is 17.0. The lowest BCUT2D eigenvalue weighted by Gasteiger charge is -2.14. The number of hydrogen-bond acceptors (Lipinski definition) is 6. The summed E-state index contributed by atoms with van der Waals surface area (Å²) in [4.78, 5) is 0. The number of phenolic OH excluding ortho intramolecular Hbond substituents is 1. The third kappa shape index (κ3) is 7.34. The Bertz CT molecular complexity index is 1290. The van der Waals surface area contributed by atoms with E-state index < -0.39 is 0 Å². The zero-order valence-corrected chi connectivity index (χ0v) is 22.2. The Morgan fingerprint density at radius 2 is 1.08 bits per heavy atom. The van der Waals surface area contributed by atoms with Gasteiger partial charge in [0.05, 0.1) is 18.5 Å². The van der Waals surface area contributed by atoms with Gasteiger partial charge in [-0.05, 0) is 72.5 Å². The summed E-state index contributed by atoms with van der Waals surface area (Å²) >= 11 is 0. The molecule has 0 aromatic heterocycles. The first-order chi connectivity index (χ1) is 18.0. The molecular formula is C31H36N2O4. The van der Waals surface area contributed by atoms with Gasteiger partial charge in [0.1, 0.15) is 0 Å². The van der Waals surface area contributed by atoms with Crippen molar-refractivity contribution in [1.82, 2.24) is 0 Å². The second-order valence-electron chi connectivity index (χ2n) is 8.19. The van der Waals surface area contributed by atoms with Crippen LogP contribution in [0.25, 0.3) is 0 Å². The number of aryl methyl sites for hydroxylation is 2. The Kier molecular flexibility index (Phi) is 10.1. The summed E-state index contributed by atoms with van der Waals surface area (Å²) in [5, 5.41) is 16.1. The van der Waals surface area contributed by atoms with Gasteiger partial charge >= 0.3 is 0 Å². The topological polar surface area (TPSA) is 72.0 Å². The molecule has 0 aliphatic carbocycles. The molecule has 0 aliphatic heterocycles. The maximum absolute atomic E-state index is 9.90. The van der Waals surface area contributed by atoms with Gasteiger partial charge in [-0.3, -0.25) is 0 Å². The number of anilines is 2. The third-order valence-corrected chi connectivity index (χ3v) is 5.82. The zero-order valence-electron chi connectivity index (χ0n) is 22.2. The molecule has 4 aromatic carbocycles. The summed E-state index contributed by atoms with van der Waals surface area (Å²) in [5.41, 5.74) is 4.15. The maximum Gasteiger partial charge on any atom is 0.169 e. The number of hydrogen-bond donors (Lipinski definition) is 3. The minimum absolute atomic E-state index is 0.167. The lowest BCUT2D eigenvalue weighted by molar-refractivity contribution is 0.379. The van der Waals surface area contributed by atoms with Crippen LogP contribution in [-0.4, -0.2) is 26.3 Å². The zero-order chi connectivity index (χ0) is 26.6. The number of ether oxygens (including phenoxy) is 3. The molecule has 0 bridgehead atoms. The van der Waals surface area contributed by atoms with Crippen molar-refractivity contribution >= 4 is 11.4 Å². The fourth-order valence-corrected chi connectivity index (χ4v) is 3.65. The molecule has 0 fully saturated rings. The van der Waals surface area contributed by atoms with Gasteiger partial charge < -0.3 is 30.0 Å². The number of methoxy groups -OCH3 is 1. The number of rotatable bonds is 9. The normalized spacial score (nSPS) is 10.1. The fourth-order valence-electron chi connectivity index (χ4n) is 3.65. The van der Waals surface area contributed by atoms with Crippen molar-refractivity contribution in [3.05, 3.63) is 96.1 Å². The summed E-state index contributed by atoms with van der Waals surface area (Å²) in [6.07, 6.45) is 1.87. The van der Waals surface area contributed by atoms with E-state index in [0.29, 0.717) is 11.5 Å². The van der Waals surface area contributed by atoms with Crippen molar-refractivity contribution in [2.45, 2.75) is 26.7 Å². The molecule has 0 heterocycles. The van der Waals surface area contributed by atoms with Gasteiger partial charge in [-0.15, -0.1) is 0 Å². The van der Waals surface area contributed by atoms with Crippen LogP contribution >= 0.6 is 0 Å². The van der Waals surface area contributed by atoms with Crippen molar-refractivity contribution in [2.24, 2.45) is 0 Å². The van der Waals surface area contributed by atoms with Crippen molar-refractivity contribution in [1.29, 1.82) is 0 Å². The number of aromatic hydroxyl groups is 1. The minimum atomic E-state index is 0.167. The molecule has 3 N–H and O–H groups in total. The van der Waals surface area contributed by atoms with Crippen LogP contribution < -0.4 is 24.8 Å². The van der Waals surface area contributed by atoms with Crippen molar-refractivity contribution in [3.63, 3.8) is 0 Å². The average molecular weight is 501 g/mol. The smallest absolute Gasteiger partial charge is 0.169 e. The van der Waals surface area contributed by atoms with Crippen LogP contribution in [0.2, 0.25) is 0 Å². The van der Waals surface area contributed by atoms with Gasteiger partial charge in [-0.1, -0.05) is 50.2 Å². The summed E-state index contributed by atoms with van der Waals surface area (Å²) in [5.74, 6) is 3.59. The Morgan fingerprint density at radius 1 is 0.595 bits per heavy atom. The molecule has 4 aromatic rings. The lowest BCUT2D eigenvalue weighted by atomic mass is 10.1. The Labute approximate surface area is 219 Å². The van der Waals surface area contributed by atoms with Crippen molar-refractivity contribution in [3.8, 4) is 34.5 Å². The second-order valence-corrected chi connectivity index (χ2v) is 8.19. The molecule has 37 heavy (non-hydrogen) atoms. The van der Waals surface area contributed by atoms with Crippen LogP contribution in [0.5, 0.6) is 34.5 Å². The standard InChI is InChI=1S/C16H19NO2.C15H17NO2/c1-4-12-9-10-15(16(11-12)18-3)19-14-8-6-5-7-13(14)17-2;1-3-11-8-9-15(13(17)10-11)18-14-7-5-4-6-12(14)16-2/h5-11,17H,4H2,1-3H3;4-10,16-17H,3H2,1-2H3. The summed E-state index contributed by atoms with van der Waals surface area (Å²) in [6, 6.07) is 26.9. The first kappa shape index (κ1) is 27.3. The molecule has 0 aliphatic rings. The molecule has 0 saturated heterocycles. The number of benzene rings is 4. The van der Waals surface area contributed by atoms with E-state index in [1.165, 1.54) is 5.56 Å². The molecule has 4 rings (SSSR count). The van der Waals surface area contributed by atoms with Crippen LogP contribution in [0, 0.1) is 0 Å². The molecule has 0 atom stereocenters. The SMILES string of the molecule is CCc1ccc(Oc2ccccc2NC)c(O)c1.CCc1ccc(Oc2ccccc2NC)c(OC)c1. The van der Waals surface area contributed by atoms with Gasteiger partial charge in [-0.2, -0.15) is 0 Å². The predicted molar refractivity (Wildman–Crippen MR) is 152 cm³/mol. The molecule has 0 spiro atoms. The van der Waals surface area contributed by atoms with E-state index in [4.69, 9.17) is 14.2 Å². The Morgan fingerprint density at radius 3 is 1.57 bits per heavy atom. The van der Waals surface area contributed by atoms with E-state index in [1.54, 1.807) is 19.2 Å².